The molecule has 2 aromatic rings. The van der Waals surface area contributed by atoms with E-state index in [0.717, 1.165) is 42.1 Å². The van der Waals surface area contributed by atoms with E-state index in [0.29, 0.717) is 13.1 Å². The Morgan fingerprint density at radius 2 is 1.79 bits per heavy atom. The van der Waals surface area contributed by atoms with Crippen LogP contribution in [0.2, 0.25) is 0 Å². The molecule has 0 spiro atoms. The number of nitrogens with zero attached hydrogens (tertiary/aromatic N) is 2. The zero-order chi connectivity index (χ0) is 19.5. The van der Waals surface area contributed by atoms with Crippen molar-refractivity contribution in [3.8, 4) is 5.75 Å². The number of piperidine rings is 1. The number of amides is 2. The van der Waals surface area contributed by atoms with Gasteiger partial charge < -0.3 is 14.5 Å². The van der Waals surface area contributed by atoms with Crippen LogP contribution in [-0.2, 0) is 4.79 Å². The van der Waals surface area contributed by atoms with Gasteiger partial charge in [-0.25, -0.2) is 0 Å². The van der Waals surface area contributed by atoms with Gasteiger partial charge in [0.2, 0.25) is 5.91 Å². The summed E-state index contributed by atoms with van der Waals surface area (Å²) in [7, 11) is 1.66. The highest BCUT2D eigenvalue weighted by atomic mass is 32.1. The molecule has 28 heavy (non-hydrogen) atoms. The third-order valence-corrected chi connectivity index (χ3v) is 6.72. The fourth-order valence-corrected chi connectivity index (χ4v) is 5.10. The van der Waals surface area contributed by atoms with Crippen molar-refractivity contribution in [1.29, 1.82) is 0 Å². The molecule has 0 saturated carbocycles. The lowest BCUT2D eigenvalue weighted by molar-refractivity contribution is -0.136. The van der Waals surface area contributed by atoms with Gasteiger partial charge in [0.15, 0.2) is 0 Å². The van der Waals surface area contributed by atoms with Gasteiger partial charge in [-0.15, -0.1) is 11.3 Å². The van der Waals surface area contributed by atoms with E-state index in [1.54, 1.807) is 7.11 Å². The summed E-state index contributed by atoms with van der Waals surface area (Å²) in [5.74, 6) is 0.711. The Morgan fingerprint density at radius 3 is 2.50 bits per heavy atom. The van der Waals surface area contributed by atoms with Gasteiger partial charge in [-0.1, -0.05) is 24.3 Å². The second kappa shape index (κ2) is 8.35. The molecule has 2 aliphatic heterocycles. The van der Waals surface area contributed by atoms with Gasteiger partial charge in [0.1, 0.15) is 5.75 Å². The van der Waals surface area contributed by atoms with E-state index in [1.807, 2.05) is 51.6 Å². The maximum absolute atomic E-state index is 13.4. The second-order valence-electron chi connectivity index (χ2n) is 7.53. The number of para-hydroxylation sites is 1. The fraction of sp³-hybridized carbons (Fsp3) is 0.455. The molecule has 2 atom stereocenters. The van der Waals surface area contributed by atoms with Crippen molar-refractivity contribution in [3.05, 3.63) is 52.2 Å². The molecule has 2 amide bonds. The Hall–Kier alpha value is -2.34. The molecule has 2 aliphatic rings. The maximum Gasteiger partial charge on any atom is 0.263 e. The number of benzene rings is 1. The number of thiophene rings is 1. The molecule has 3 heterocycles. The summed E-state index contributed by atoms with van der Waals surface area (Å²) in [6.45, 7) is 2.66. The molecule has 2 unspecified atom stereocenters. The lowest BCUT2D eigenvalue weighted by Gasteiger charge is -2.31. The van der Waals surface area contributed by atoms with Crippen molar-refractivity contribution < 1.29 is 14.3 Å². The van der Waals surface area contributed by atoms with E-state index in [-0.39, 0.29) is 23.7 Å². The predicted molar refractivity (Wildman–Crippen MR) is 110 cm³/mol. The van der Waals surface area contributed by atoms with E-state index in [9.17, 15) is 9.59 Å². The molecule has 0 N–H and O–H groups in total. The highest BCUT2D eigenvalue weighted by Gasteiger charge is 2.43. The van der Waals surface area contributed by atoms with Crippen LogP contribution in [0, 0.1) is 5.92 Å². The summed E-state index contributed by atoms with van der Waals surface area (Å²) >= 11 is 1.45. The summed E-state index contributed by atoms with van der Waals surface area (Å²) in [4.78, 5) is 30.9. The number of hydrogen-bond donors (Lipinski definition) is 0. The summed E-state index contributed by atoms with van der Waals surface area (Å²) in [6, 6.07) is 11.6. The molecular formula is C22H26N2O3S. The lowest BCUT2D eigenvalue weighted by atomic mass is 9.87. The summed E-state index contributed by atoms with van der Waals surface area (Å²) in [5.41, 5.74) is 1.02. The van der Waals surface area contributed by atoms with E-state index in [1.165, 1.54) is 17.8 Å². The highest BCUT2D eigenvalue weighted by Crippen LogP contribution is 2.39. The number of hydrogen-bond acceptors (Lipinski definition) is 4. The number of likely N-dealkylation sites (tertiary alicyclic amines) is 2. The molecule has 4 rings (SSSR count). The standard InChI is InChI=1S/C22H26N2O3S/c1-27-19-9-4-3-8-16(19)17-14-24(22(26)20-10-7-13-28-20)15-18(17)21(25)23-11-5-2-6-12-23/h3-4,7-10,13,17-18H,2,5-6,11-12,14-15H2,1H3. The first-order valence-electron chi connectivity index (χ1n) is 9.93. The van der Waals surface area contributed by atoms with Crippen LogP contribution < -0.4 is 4.74 Å². The molecule has 2 fully saturated rings. The minimum atomic E-state index is -0.224. The molecule has 2 saturated heterocycles. The summed E-state index contributed by atoms with van der Waals surface area (Å²) < 4.78 is 5.57. The van der Waals surface area contributed by atoms with Crippen LogP contribution in [0.15, 0.2) is 41.8 Å². The van der Waals surface area contributed by atoms with Gasteiger partial charge in [-0.3, -0.25) is 9.59 Å². The average Bonchev–Trinajstić information content (AvgIpc) is 3.43. The number of ether oxygens (including phenoxy) is 1. The molecular weight excluding hydrogens is 372 g/mol. The van der Waals surface area contributed by atoms with E-state index < -0.39 is 0 Å². The van der Waals surface area contributed by atoms with E-state index >= 15 is 0 Å². The Labute approximate surface area is 169 Å². The summed E-state index contributed by atoms with van der Waals surface area (Å²) in [6.07, 6.45) is 3.32. The van der Waals surface area contributed by atoms with Gasteiger partial charge in [-0.05, 0) is 42.3 Å². The number of rotatable bonds is 4. The normalized spacial score (nSPS) is 22.3. The Bertz CT molecular complexity index is 830. The van der Waals surface area contributed by atoms with Gasteiger partial charge in [0, 0.05) is 32.1 Å². The first kappa shape index (κ1) is 19.0. The number of carbonyl (C=O) groups excluding carboxylic acids is 2. The highest BCUT2D eigenvalue weighted by molar-refractivity contribution is 7.12. The van der Waals surface area contributed by atoms with Crippen LogP contribution in [0.1, 0.15) is 40.4 Å². The fourth-order valence-electron chi connectivity index (χ4n) is 4.41. The average molecular weight is 399 g/mol. The number of methoxy groups -OCH3 is 1. The molecule has 6 heteroatoms. The first-order valence-corrected chi connectivity index (χ1v) is 10.8. The zero-order valence-electron chi connectivity index (χ0n) is 16.2. The quantitative estimate of drug-likeness (QED) is 0.790. The molecule has 0 radical (unpaired) electrons. The zero-order valence-corrected chi connectivity index (χ0v) is 17.0. The topological polar surface area (TPSA) is 49.9 Å². The number of carbonyl (C=O) groups is 2. The first-order chi connectivity index (χ1) is 13.7. The predicted octanol–water partition coefficient (Wildman–Crippen LogP) is 3.63. The smallest absolute Gasteiger partial charge is 0.263 e. The van der Waals surface area contributed by atoms with Crippen molar-refractivity contribution in [3.63, 3.8) is 0 Å². The van der Waals surface area contributed by atoms with E-state index in [2.05, 4.69) is 0 Å². The van der Waals surface area contributed by atoms with Crippen LogP contribution >= 0.6 is 11.3 Å². The van der Waals surface area contributed by atoms with Crippen LogP contribution in [-0.4, -0.2) is 54.9 Å². The lowest BCUT2D eigenvalue weighted by Crippen LogP contribution is -2.42. The molecule has 0 bridgehead atoms. The second-order valence-corrected chi connectivity index (χ2v) is 8.48. The van der Waals surface area contributed by atoms with Crippen LogP contribution in [0.5, 0.6) is 5.75 Å². The third-order valence-electron chi connectivity index (χ3n) is 5.86. The van der Waals surface area contributed by atoms with Gasteiger partial charge >= 0.3 is 0 Å². The van der Waals surface area contributed by atoms with Crippen molar-refractivity contribution in [2.75, 3.05) is 33.3 Å². The molecule has 1 aromatic heterocycles. The minimum Gasteiger partial charge on any atom is -0.496 e. The molecule has 0 aliphatic carbocycles. The Balaban J connectivity index is 1.63. The SMILES string of the molecule is COc1ccccc1C1CN(C(=O)c2cccs2)CC1C(=O)N1CCCCC1. The van der Waals surface area contributed by atoms with Crippen molar-refractivity contribution in [2.45, 2.75) is 25.2 Å². The Morgan fingerprint density at radius 1 is 1.00 bits per heavy atom. The molecule has 5 nitrogen and oxygen atoms in total. The summed E-state index contributed by atoms with van der Waals surface area (Å²) in [5, 5.41) is 1.91. The van der Waals surface area contributed by atoms with Crippen LogP contribution in [0.25, 0.3) is 0 Å². The maximum atomic E-state index is 13.4. The van der Waals surface area contributed by atoms with Crippen molar-refractivity contribution in [2.24, 2.45) is 5.92 Å². The monoisotopic (exact) mass is 398 g/mol. The third kappa shape index (κ3) is 3.65. The largest absolute Gasteiger partial charge is 0.496 e. The Kier molecular flexibility index (Phi) is 5.67. The molecule has 148 valence electrons. The molecule has 1 aromatic carbocycles. The van der Waals surface area contributed by atoms with Crippen LogP contribution in [0.4, 0.5) is 0 Å². The van der Waals surface area contributed by atoms with E-state index in [4.69, 9.17) is 4.74 Å². The van der Waals surface area contributed by atoms with Crippen molar-refractivity contribution in [1.82, 2.24) is 9.80 Å². The van der Waals surface area contributed by atoms with Crippen molar-refractivity contribution >= 4 is 23.2 Å². The van der Waals surface area contributed by atoms with Gasteiger partial charge in [0.25, 0.3) is 5.91 Å². The van der Waals surface area contributed by atoms with Crippen LogP contribution in [0.3, 0.4) is 0 Å². The van der Waals surface area contributed by atoms with Gasteiger partial charge in [-0.2, -0.15) is 0 Å². The minimum absolute atomic E-state index is 0.0174. The van der Waals surface area contributed by atoms with Gasteiger partial charge in [0.05, 0.1) is 17.9 Å².